The van der Waals surface area contributed by atoms with E-state index >= 15 is 0 Å². The summed E-state index contributed by atoms with van der Waals surface area (Å²) < 4.78 is 28.5. The number of halogens is 2. The summed E-state index contributed by atoms with van der Waals surface area (Å²) in [5, 5.41) is 4.45. The topological polar surface area (TPSA) is 29.9 Å². The third-order valence-corrected chi connectivity index (χ3v) is 5.17. The van der Waals surface area contributed by atoms with E-state index in [-0.39, 0.29) is 11.6 Å². The maximum atomic E-state index is 13.2. The van der Waals surface area contributed by atoms with Crippen LogP contribution in [0.5, 0.6) is 0 Å². The van der Waals surface area contributed by atoms with Gasteiger partial charge in [0.2, 0.25) is 0 Å². The number of rotatable bonds is 5. The van der Waals surface area contributed by atoms with Crippen LogP contribution in [-0.4, -0.2) is 9.55 Å². The van der Waals surface area contributed by atoms with Gasteiger partial charge in [-0.25, -0.2) is 13.8 Å². The fourth-order valence-corrected chi connectivity index (χ4v) is 3.51. The normalized spacial score (nSPS) is 11.1. The first kappa shape index (κ1) is 18.2. The van der Waals surface area contributed by atoms with Gasteiger partial charge in [0.25, 0.3) is 0 Å². The SMILES string of the molecule is Cc1c(C)n(Cc2ccc(F)cc2)c2ccnc(NCc3ccc(F)cc3)c12. The molecule has 0 bridgehead atoms. The van der Waals surface area contributed by atoms with E-state index < -0.39 is 0 Å². The second-order valence-corrected chi connectivity index (χ2v) is 6.96. The largest absolute Gasteiger partial charge is 0.365 e. The summed E-state index contributed by atoms with van der Waals surface area (Å²) in [6.07, 6.45) is 1.79. The van der Waals surface area contributed by atoms with Gasteiger partial charge in [0, 0.05) is 30.4 Å². The van der Waals surface area contributed by atoms with Crippen LogP contribution < -0.4 is 5.32 Å². The van der Waals surface area contributed by atoms with Crippen molar-refractivity contribution in [3.8, 4) is 0 Å². The van der Waals surface area contributed by atoms with Crippen LogP contribution in [0.4, 0.5) is 14.6 Å². The molecule has 142 valence electrons. The minimum absolute atomic E-state index is 0.231. The molecule has 0 fully saturated rings. The minimum Gasteiger partial charge on any atom is -0.365 e. The molecule has 0 saturated heterocycles. The number of aromatic nitrogens is 2. The molecule has 0 unspecified atom stereocenters. The monoisotopic (exact) mass is 377 g/mol. The summed E-state index contributed by atoms with van der Waals surface area (Å²) in [5.74, 6) is 0.332. The van der Waals surface area contributed by atoms with Crippen molar-refractivity contribution in [1.82, 2.24) is 9.55 Å². The number of hydrogen-bond acceptors (Lipinski definition) is 2. The van der Waals surface area contributed by atoms with Gasteiger partial charge < -0.3 is 9.88 Å². The molecule has 28 heavy (non-hydrogen) atoms. The zero-order valence-corrected chi connectivity index (χ0v) is 15.8. The van der Waals surface area contributed by atoms with Crippen LogP contribution in [0.25, 0.3) is 10.9 Å². The fourth-order valence-electron chi connectivity index (χ4n) is 3.51. The highest BCUT2D eigenvalue weighted by molar-refractivity contribution is 5.94. The summed E-state index contributed by atoms with van der Waals surface area (Å²) in [7, 11) is 0. The number of nitrogens with zero attached hydrogens (tertiary/aromatic N) is 2. The van der Waals surface area contributed by atoms with Gasteiger partial charge >= 0.3 is 0 Å². The van der Waals surface area contributed by atoms with Crippen LogP contribution in [0.2, 0.25) is 0 Å². The predicted octanol–water partition coefficient (Wildman–Crippen LogP) is 5.59. The van der Waals surface area contributed by atoms with Gasteiger partial charge in [-0.2, -0.15) is 0 Å². The zero-order valence-electron chi connectivity index (χ0n) is 15.8. The first-order chi connectivity index (χ1) is 13.5. The Morgan fingerprint density at radius 2 is 1.46 bits per heavy atom. The second kappa shape index (κ2) is 7.43. The van der Waals surface area contributed by atoms with Crippen LogP contribution >= 0.6 is 0 Å². The minimum atomic E-state index is -0.242. The van der Waals surface area contributed by atoms with Gasteiger partial charge in [-0.3, -0.25) is 0 Å². The zero-order chi connectivity index (χ0) is 19.7. The second-order valence-electron chi connectivity index (χ2n) is 6.96. The predicted molar refractivity (Wildman–Crippen MR) is 108 cm³/mol. The Bertz CT molecular complexity index is 1110. The van der Waals surface area contributed by atoms with Crippen molar-refractivity contribution in [1.29, 1.82) is 0 Å². The van der Waals surface area contributed by atoms with E-state index in [1.165, 1.54) is 24.3 Å². The maximum Gasteiger partial charge on any atom is 0.135 e. The number of anilines is 1. The summed E-state index contributed by atoms with van der Waals surface area (Å²) in [6.45, 7) is 5.40. The fraction of sp³-hybridized carbons (Fsp3) is 0.174. The van der Waals surface area contributed by atoms with Crippen molar-refractivity contribution in [3.63, 3.8) is 0 Å². The molecule has 2 aromatic carbocycles. The number of fused-ring (bicyclic) bond motifs is 1. The highest BCUT2D eigenvalue weighted by Gasteiger charge is 2.15. The van der Waals surface area contributed by atoms with Crippen LogP contribution in [0.3, 0.4) is 0 Å². The van der Waals surface area contributed by atoms with Gasteiger partial charge in [-0.15, -0.1) is 0 Å². The maximum absolute atomic E-state index is 13.2. The van der Waals surface area contributed by atoms with E-state index in [9.17, 15) is 8.78 Å². The standard InChI is InChI=1S/C23H21F2N3/c1-15-16(2)28(14-18-5-9-20(25)10-6-18)21-11-12-26-23(22(15)21)27-13-17-3-7-19(24)8-4-17/h3-12H,13-14H2,1-2H3,(H,26,27). The lowest BCUT2D eigenvalue weighted by Crippen LogP contribution is -2.03. The smallest absolute Gasteiger partial charge is 0.135 e. The van der Waals surface area contributed by atoms with E-state index in [0.717, 1.165) is 39.1 Å². The quantitative estimate of drug-likeness (QED) is 0.491. The number of hydrogen-bond donors (Lipinski definition) is 1. The molecule has 0 aliphatic carbocycles. The first-order valence-corrected chi connectivity index (χ1v) is 9.20. The molecule has 4 aromatic rings. The van der Waals surface area contributed by atoms with E-state index in [0.29, 0.717) is 13.1 Å². The Morgan fingerprint density at radius 1 is 0.857 bits per heavy atom. The Morgan fingerprint density at radius 3 is 2.11 bits per heavy atom. The lowest BCUT2D eigenvalue weighted by molar-refractivity contribution is 0.626. The van der Waals surface area contributed by atoms with Gasteiger partial charge in [0.05, 0.1) is 5.52 Å². The van der Waals surface area contributed by atoms with E-state index in [1.807, 2.05) is 18.2 Å². The van der Waals surface area contributed by atoms with Gasteiger partial charge in [-0.05, 0) is 60.9 Å². The van der Waals surface area contributed by atoms with Crippen molar-refractivity contribution < 1.29 is 8.78 Å². The molecule has 0 atom stereocenters. The first-order valence-electron chi connectivity index (χ1n) is 9.20. The summed E-state index contributed by atoms with van der Waals surface area (Å²) >= 11 is 0. The van der Waals surface area contributed by atoms with Crippen molar-refractivity contribution in [2.75, 3.05) is 5.32 Å². The van der Waals surface area contributed by atoms with Crippen LogP contribution in [-0.2, 0) is 13.1 Å². The average Bonchev–Trinajstić information content (AvgIpc) is 2.94. The molecule has 0 spiro atoms. The lowest BCUT2D eigenvalue weighted by atomic mass is 10.1. The number of nitrogens with one attached hydrogen (secondary N) is 1. The van der Waals surface area contributed by atoms with Crippen LogP contribution in [0.15, 0.2) is 60.8 Å². The number of benzene rings is 2. The average molecular weight is 377 g/mol. The Balaban J connectivity index is 1.67. The molecule has 0 saturated carbocycles. The van der Waals surface area contributed by atoms with E-state index in [1.54, 1.807) is 18.3 Å². The Labute approximate surface area is 162 Å². The molecule has 0 amide bonds. The molecule has 0 radical (unpaired) electrons. The highest BCUT2D eigenvalue weighted by Crippen LogP contribution is 2.31. The molecule has 2 heterocycles. The third kappa shape index (κ3) is 3.48. The van der Waals surface area contributed by atoms with Gasteiger partial charge in [0.15, 0.2) is 0 Å². The van der Waals surface area contributed by atoms with Crippen LogP contribution in [0, 0.1) is 25.5 Å². The van der Waals surface area contributed by atoms with Crippen molar-refractivity contribution in [2.24, 2.45) is 0 Å². The number of aryl methyl sites for hydroxylation is 1. The highest BCUT2D eigenvalue weighted by atomic mass is 19.1. The summed E-state index contributed by atoms with van der Waals surface area (Å²) in [6, 6.07) is 15.0. The van der Waals surface area contributed by atoms with Gasteiger partial charge in [-0.1, -0.05) is 24.3 Å². The van der Waals surface area contributed by atoms with E-state index in [2.05, 4.69) is 28.7 Å². The molecule has 4 rings (SSSR count). The van der Waals surface area contributed by atoms with Crippen molar-refractivity contribution >= 4 is 16.7 Å². The molecule has 0 aliphatic rings. The molecular weight excluding hydrogens is 356 g/mol. The summed E-state index contributed by atoms with van der Waals surface area (Å²) in [4.78, 5) is 4.53. The Kier molecular flexibility index (Phi) is 4.82. The molecule has 3 nitrogen and oxygen atoms in total. The molecule has 0 aliphatic heterocycles. The molecular formula is C23H21F2N3. The lowest BCUT2D eigenvalue weighted by Gasteiger charge is -2.10. The molecule has 5 heteroatoms. The van der Waals surface area contributed by atoms with Crippen molar-refractivity contribution in [3.05, 3.63) is 94.8 Å². The van der Waals surface area contributed by atoms with Crippen LogP contribution in [0.1, 0.15) is 22.4 Å². The van der Waals surface area contributed by atoms with E-state index in [4.69, 9.17) is 0 Å². The Hall–Kier alpha value is -3.21. The number of pyridine rings is 1. The summed E-state index contributed by atoms with van der Waals surface area (Å²) in [5.41, 5.74) is 5.42. The van der Waals surface area contributed by atoms with Crippen molar-refractivity contribution in [2.45, 2.75) is 26.9 Å². The molecule has 2 aromatic heterocycles. The van der Waals surface area contributed by atoms with Gasteiger partial charge in [0.1, 0.15) is 17.5 Å². The molecule has 1 N–H and O–H groups in total. The third-order valence-electron chi connectivity index (χ3n) is 5.17.